The first kappa shape index (κ1) is 31.2. The average molecular weight is 641 g/mol. The lowest BCUT2D eigenvalue weighted by atomic mass is 9.98. The predicted molar refractivity (Wildman–Crippen MR) is 166 cm³/mol. The SMILES string of the molecule is CNC(=O)c1ccc(-n2c(NC(C)c3cccc(C(F)F)c3)nc3c(c2=O)C[C@@H](C)N(C(=O)c2ccc(Cl)c(Cl)c2)C3)cc1. The topological polar surface area (TPSA) is 96.3 Å². The van der Waals surface area contributed by atoms with E-state index >= 15 is 0 Å². The number of carbonyl (C=O) groups is 2. The van der Waals surface area contributed by atoms with Gasteiger partial charge in [0.15, 0.2) is 0 Å². The highest BCUT2D eigenvalue weighted by atomic mass is 35.5. The van der Waals surface area contributed by atoms with Crippen molar-refractivity contribution in [2.24, 2.45) is 0 Å². The zero-order chi connectivity index (χ0) is 31.7. The third-order valence-electron chi connectivity index (χ3n) is 7.66. The molecule has 8 nitrogen and oxygen atoms in total. The van der Waals surface area contributed by atoms with Crippen molar-refractivity contribution in [1.29, 1.82) is 0 Å². The first-order valence-corrected chi connectivity index (χ1v) is 14.6. The van der Waals surface area contributed by atoms with E-state index in [1.54, 1.807) is 60.4 Å². The van der Waals surface area contributed by atoms with Gasteiger partial charge in [0, 0.05) is 35.3 Å². The molecule has 4 aromatic rings. The van der Waals surface area contributed by atoms with Crippen molar-refractivity contribution in [3.8, 4) is 5.69 Å². The zero-order valence-corrected chi connectivity index (χ0v) is 25.6. The number of fused-ring (bicyclic) bond motifs is 1. The second kappa shape index (κ2) is 12.8. The molecule has 0 fully saturated rings. The van der Waals surface area contributed by atoms with E-state index in [0.29, 0.717) is 38.7 Å². The van der Waals surface area contributed by atoms with E-state index < -0.39 is 12.5 Å². The molecule has 0 saturated carbocycles. The summed E-state index contributed by atoms with van der Waals surface area (Å²) in [5, 5.41) is 6.37. The van der Waals surface area contributed by atoms with E-state index in [4.69, 9.17) is 28.2 Å². The van der Waals surface area contributed by atoms with Crippen molar-refractivity contribution in [1.82, 2.24) is 19.8 Å². The van der Waals surface area contributed by atoms with Crippen LogP contribution in [0.2, 0.25) is 10.0 Å². The number of amides is 2. The van der Waals surface area contributed by atoms with Crippen LogP contribution in [0.4, 0.5) is 14.7 Å². The fourth-order valence-corrected chi connectivity index (χ4v) is 5.51. The van der Waals surface area contributed by atoms with Gasteiger partial charge in [0.1, 0.15) is 0 Å². The largest absolute Gasteiger partial charge is 0.355 e. The molecule has 0 spiro atoms. The third-order valence-corrected chi connectivity index (χ3v) is 8.40. The molecule has 2 atom stereocenters. The number of rotatable bonds is 7. The minimum absolute atomic E-state index is 0.0607. The summed E-state index contributed by atoms with van der Waals surface area (Å²) in [6.07, 6.45) is -2.39. The monoisotopic (exact) mass is 639 g/mol. The summed E-state index contributed by atoms with van der Waals surface area (Å²) in [5.74, 6) is -0.407. The summed E-state index contributed by atoms with van der Waals surface area (Å²) in [6.45, 7) is 3.69. The molecule has 44 heavy (non-hydrogen) atoms. The lowest BCUT2D eigenvalue weighted by Crippen LogP contribution is -2.46. The van der Waals surface area contributed by atoms with Crippen LogP contribution in [0.5, 0.6) is 0 Å². The molecule has 3 aromatic carbocycles. The molecule has 0 radical (unpaired) electrons. The standard InChI is InChI=1S/C32H29Cl2F2N5O3/c1-17-13-24-27(16-40(17)30(43)22-9-12-25(33)26(34)15-22)39-32(38-18(2)20-5-4-6-21(14-20)28(35)36)41(31(24)44)23-10-7-19(8-11-23)29(42)37-3/h4-12,14-15,17-18,28H,13,16H2,1-3H3,(H,37,42)(H,38,39)/t17-,18?/m1/s1. The summed E-state index contributed by atoms with van der Waals surface area (Å²) in [6, 6.07) is 16.3. The Morgan fingerprint density at radius 2 is 1.66 bits per heavy atom. The summed E-state index contributed by atoms with van der Waals surface area (Å²) < 4.78 is 28.3. The van der Waals surface area contributed by atoms with Gasteiger partial charge in [-0.05, 0) is 74.4 Å². The minimum Gasteiger partial charge on any atom is -0.355 e. The van der Waals surface area contributed by atoms with Gasteiger partial charge in [0.25, 0.3) is 23.8 Å². The Morgan fingerprint density at radius 1 is 0.977 bits per heavy atom. The van der Waals surface area contributed by atoms with Crippen LogP contribution in [-0.2, 0) is 13.0 Å². The van der Waals surface area contributed by atoms with Gasteiger partial charge in [-0.15, -0.1) is 0 Å². The summed E-state index contributed by atoms with van der Waals surface area (Å²) in [7, 11) is 1.53. The number of nitrogens with one attached hydrogen (secondary N) is 2. The quantitative estimate of drug-likeness (QED) is 0.238. The van der Waals surface area contributed by atoms with Gasteiger partial charge in [-0.1, -0.05) is 41.4 Å². The second-order valence-corrected chi connectivity index (χ2v) is 11.4. The molecule has 2 N–H and O–H groups in total. The molecule has 1 aliphatic rings. The molecule has 228 valence electrons. The Hall–Kier alpha value is -4.28. The van der Waals surface area contributed by atoms with E-state index in [1.807, 2.05) is 6.92 Å². The van der Waals surface area contributed by atoms with Crippen molar-refractivity contribution in [3.05, 3.63) is 121 Å². The molecule has 0 saturated heterocycles. The smallest absolute Gasteiger partial charge is 0.263 e. The first-order valence-electron chi connectivity index (χ1n) is 13.9. The van der Waals surface area contributed by atoms with Crippen LogP contribution < -0.4 is 16.2 Å². The molecule has 12 heteroatoms. The lowest BCUT2D eigenvalue weighted by Gasteiger charge is -2.35. The summed E-state index contributed by atoms with van der Waals surface area (Å²) in [4.78, 5) is 46.2. The second-order valence-electron chi connectivity index (χ2n) is 10.6. The van der Waals surface area contributed by atoms with Crippen LogP contribution in [0.1, 0.15) is 69.4 Å². The van der Waals surface area contributed by atoms with Crippen molar-refractivity contribution in [2.75, 3.05) is 12.4 Å². The number of hydrogen-bond acceptors (Lipinski definition) is 5. The van der Waals surface area contributed by atoms with Crippen LogP contribution >= 0.6 is 23.2 Å². The Bertz CT molecular complexity index is 1800. The lowest BCUT2D eigenvalue weighted by molar-refractivity contribution is 0.0653. The first-order chi connectivity index (χ1) is 21.0. The molecule has 5 rings (SSSR count). The minimum atomic E-state index is -2.64. The number of nitrogens with zero attached hydrogens (tertiary/aromatic N) is 3. The highest BCUT2D eigenvalue weighted by Crippen LogP contribution is 2.29. The van der Waals surface area contributed by atoms with Gasteiger partial charge in [-0.3, -0.25) is 14.4 Å². The van der Waals surface area contributed by atoms with Gasteiger partial charge in [0.2, 0.25) is 5.95 Å². The average Bonchev–Trinajstić information content (AvgIpc) is 3.02. The van der Waals surface area contributed by atoms with Gasteiger partial charge >= 0.3 is 0 Å². The fraction of sp³-hybridized carbons (Fsp3) is 0.250. The van der Waals surface area contributed by atoms with Crippen LogP contribution in [-0.4, -0.2) is 39.4 Å². The fourth-order valence-electron chi connectivity index (χ4n) is 5.21. The van der Waals surface area contributed by atoms with E-state index in [9.17, 15) is 23.2 Å². The normalized spacial score (nSPS) is 15.1. The highest BCUT2D eigenvalue weighted by molar-refractivity contribution is 6.42. The number of alkyl halides is 2. The number of hydrogen-bond donors (Lipinski definition) is 2. The van der Waals surface area contributed by atoms with Crippen molar-refractivity contribution >= 4 is 41.0 Å². The Labute approximate surface area is 262 Å². The Balaban J connectivity index is 1.58. The maximum atomic E-state index is 14.1. The molecule has 1 aromatic heterocycles. The van der Waals surface area contributed by atoms with Gasteiger partial charge < -0.3 is 15.5 Å². The zero-order valence-electron chi connectivity index (χ0n) is 24.1. The molecule has 2 heterocycles. The maximum Gasteiger partial charge on any atom is 0.263 e. The summed E-state index contributed by atoms with van der Waals surface area (Å²) >= 11 is 12.2. The van der Waals surface area contributed by atoms with E-state index in [2.05, 4.69) is 10.6 Å². The van der Waals surface area contributed by atoms with Crippen LogP contribution in [0.25, 0.3) is 5.69 Å². The van der Waals surface area contributed by atoms with E-state index in [0.717, 1.165) is 0 Å². The molecule has 0 bridgehead atoms. The van der Waals surface area contributed by atoms with Crippen molar-refractivity contribution in [2.45, 2.75) is 45.3 Å². The highest BCUT2D eigenvalue weighted by Gasteiger charge is 2.32. The predicted octanol–water partition coefficient (Wildman–Crippen LogP) is 6.60. The Kier molecular flexibility index (Phi) is 9.03. The third kappa shape index (κ3) is 6.18. The van der Waals surface area contributed by atoms with Crippen molar-refractivity contribution < 1.29 is 18.4 Å². The number of aromatic nitrogens is 2. The van der Waals surface area contributed by atoms with Crippen molar-refractivity contribution in [3.63, 3.8) is 0 Å². The van der Waals surface area contributed by atoms with E-state index in [1.165, 1.54) is 29.8 Å². The van der Waals surface area contributed by atoms with E-state index in [-0.39, 0.29) is 52.9 Å². The maximum absolute atomic E-state index is 14.1. The number of halogens is 4. The molecule has 0 aliphatic carbocycles. The molecule has 1 aliphatic heterocycles. The molecule has 1 unspecified atom stereocenters. The van der Waals surface area contributed by atoms with Crippen LogP contribution in [0.3, 0.4) is 0 Å². The summed E-state index contributed by atoms with van der Waals surface area (Å²) in [5.41, 5.74) is 2.18. The van der Waals surface area contributed by atoms with Gasteiger partial charge in [0.05, 0.1) is 34.0 Å². The van der Waals surface area contributed by atoms with Gasteiger partial charge in [-0.25, -0.2) is 18.3 Å². The number of carbonyl (C=O) groups excluding carboxylic acids is 2. The van der Waals surface area contributed by atoms with Crippen LogP contribution in [0.15, 0.2) is 71.5 Å². The number of benzene rings is 3. The van der Waals surface area contributed by atoms with Gasteiger partial charge in [-0.2, -0.15) is 0 Å². The molecular formula is C32H29Cl2F2N5O3. The van der Waals surface area contributed by atoms with Crippen LogP contribution in [0, 0.1) is 0 Å². The molecule has 2 amide bonds. The number of anilines is 1. The molecular weight excluding hydrogens is 611 g/mol. The Morgan fingerprint density at radius 3 is 2.32 bits per heavy atom.